The minimum Gasteiger partial charge on any atom is -0.309 e. The third-order valence-corrected chi connectivity index (χ3v) is 9.26. The van der Waals surface area contributed by atoms with Crippen LogP contribution < -0.4 is 0 Å². The minimum absolute atomic E-state index is 0.916. The summed E-state index contributed by atoms with van der Waals surface area (Å²) in [5.74, 6) is 0.916. The van der Waals surface area contributed by atoms with E-state index in [1.165, 1.54) is 54.4 Å². The highest BCUT2D eigenvalue weighted by molar-refractivity contribution is 6.30. The van der Waals surface area contributed by atoms with Crippen molar-refractivity contribution in [2.75, 3.05) is 0 Å². The molecule has 0 saturated carbocycles. The molecule has 10 rings (SSSR count). The highest BCUT2D eigenvalue weighted by Crippen LogP contribution is 2.44. The number of rotatable bonds is 3. The van der Waals surface area contributed by atoms with E-state index in [1.54, 1.807) is 0 Å². The van der Waals surface area contributed by atoms with Crippen LogP contribution in [0.4, 0.5) is 0 Å². The Balaban J connectivity index is 1.45. The largest absolute Gasteiger partial charge is 0.309 e. The van der Waals surface area contributed by atoms with Gasteiger partial charge in [0.1, 0.15) is 5.82 Å². The first-order chi connectivity index (χ1) is 22.4. The first kappa shape index (κ1) is 24.3. The fourth-order valence-corrected chi connectivity index (χ4v) is 7.47. The molecule has 0 spiro atoms. The maximum atomic E-state index is 4.78. The molecule has 0 aliphatic heterocycles. The molecule has 0 saturated heterocycles. The smallest absolute Gasteiger partial charge is 0.137 e. The molecule has 45 heavy (non-hydrogen) atoms. The van der Waals surface area contributed by atoms with Gasteiger partial charge in [-0.15, -0.1) is 0 Å². The number of hydrogen-bond acceptors (Lipinski definition) is 1. The third kappa shape index (κ3) is 3.34. The molecule has 6 aromatic carbocycles. The predicted molar refractivity (Wildman–Crippen MR) is 187 cm³/mol. The van der Waals surface area contributed by atoms with Gasteiger partial charge in [0.25, 0.3) is 0 Å². The number of hydrogen-bond donors (Lipinski definition) is 0. The number of nitrogens with zero attached hydrogens (tertiary/aromatic N) is 4. The van der Waals surface area contributed by atoms with Gasteiger partial charge in [-0.1, -0.05) is 78.9 Å². The molecule has 4 aromatic heterocycles. The molecule has 4 nitrogen and oxygen atoms in total. The molecule has 4 heteroatoms. The molecule has 0 radical (unpaired) electrons. The Morgan fingerprint density at radius 3 is 1.53 bits per heavy atom. The molecule has 0 fully saturated rings. The van der Waals surface area contributed by atoms with Crippen LogP contribution in [0.5, 0.6) is 0 Å². The van der Waals surface area contributed by atoms with Crippen LogP contribution in [0.15, 0.2) is 158 Å². The van der Waals surface area contributed by atoms with Crippen LogP contribution in [-0.2, 0) is 0 Å². The van der Waals surface area contributed by atoms with Gasteiger partial charge in [0.05, 0.1) is 33.1 Å². The van der Waals surface area contributed by atoms with Gasteiger partial charge in [0.2, 0.25) is 0 Å². The van der Waals surface area contributed by atoms with Crippen molar-refractivity contribution in [2.24, 2.45) is 0 Å². The van der Waals surface area contributed by atoms with Crippen molar-refractivity contribution in [3.63, 3.8) is 0 Å². The Hall–Kier alpha value is -6.13. The Kier molecular flexibility index (Phi) is 4.96. The van der Waals surface area contributed by atoms with E-state index in [-0.39, 0.29) is 0 Å². The zero-order valence-corrected chi connectivity index (χ0v) is 24.3. The highest BCUT2D eigenvalue weighted by Gasteiger charge is 2.22. The molecule has 0 atom stereocenters. The van der Waals surface area contributed by atoms with E-state index < -0.39 is 0 Å². The Bertz CT molecular complexity index is 2730. The van der Waals surface area contributed by atoms with Crippen LogP contribution in [0.3, 0.4) is 0 Å². The second kappa shape index (κ2) is 9.18. The lowest BCUT2D eigenvalue weighted by molar-refractivity contribution is 1.08. The zero-order valence-electron chi connectivity index (χ0n) is 24.3. The van der Waals surface area contributed by atoms with E-state index in [0.29, 0.717) is 0 Å². The van der Waals surface area contributed by atoms with Crippen LogP contribution in [0.1, 0.15) is 0 Å². The van der Waals surface area contributed by atoms with Crippen molar-refractivity contribution >= 4 is 65.4 Å². The maximum Gasteiger partial charge on any atom is 0.137 e. The zero-order chi connectivity index (χ0) is 29.5. The quantitative estimate of drug-likeness (QED) is 0.206. The first-order valence-electron chi connectivity index (χ1n) is 15.3. The standard InChI is InChI=1S/C41H26N4/c1-3-13-27(14-4-1)43-34-20-10-8-18-30(34)40-35(43)22-23-36-41(40)32-25-31-29-17-7-9-19-33(29)45(39-21-11-12-24-42-39)37(31)26-38(32)44(36)28-15-5-2-6-16-28/h1-26H. The summed E-state index contributed by atoms with van der Waals surface area (Å²) in [5, 5.41) is 7.49. The van der Waals surface area contributed by atoms with Crippen LogP contribution in [-0.4, -0.2) is 18.7 Å². The highest BCUT2D eigenvalue weighted by atomic mass is 15.1. The van der Waals surface area contributed by atoms with Gasteiger partial charge >= 0.3 is 0 Å². The average Bonchev–Trinajstić information content (AvgIpc) is 3.73. The molecule has 0 aliphatic carbocycles. The van der Waals surface area contributed by atoms with Gasteiger partial charge in [-0.05, 0) is 72.8 Å². The normalized spacial score (nSPS) is 12.0. The molecule has 0 amide bonds. The van der Waals surface area contributed by atoms with Crippen molar-refractivity contribution in [3.05, 3.63) is 158 Å². The lowest BCUT2D eigenvalue weighted by Crippen LogP contribution is -1.97. The van der Waals surface area contributed by atoms with E-state index in [4.69, 9.17) is 4.98 Å². The molecule has 210 valence electrons. The summed E-state index contributed by atoms with van der Waals surface area (Å²) in [6.07, 6.45) is 1.87. The fourth-order valence-electron chi connectivity index (χ4n) is 7.47. The molecule has 0 unspecified atom stereocenters. The number of para-hydroxylation sites is 4. The predicted octanol–water partition coefficient (Wildman–Crippen LogP) is 10.4. The summed E-state index contributed by atoms with van der Waals surface area (Å²) in [5.41, 5.74) is 9.39. The summed E-state index contributed by atoms with van der Waals surface area (Å²) in [6, 6.07) is 54.4. The minimum atomic E-state index is 0.916. The monoisotopic (exact) mass is 574 g/mol. The number of pyridine rings is 1. The Morgan fingerprint density at radius 2 is 0.867 bits per heavy atom. The van der Waals surface area contributed by atoms with Crippen LogP contribution in [0.25, 0.3) is 82.6 Å². The summed E-state index contributed by atoms with van der Waals surface area (Å²) < 4.78 is 7.13. The lowest BCUT2D eigenvalue weighted by Gasteiger charge is -2.10. The molecule has 0 N–H and O–H groups in total. The van der Waals surface area contributed by atoms with E-state index in [9.17, 15) is 0 Å². The van der Waals surface area contributed by atoms with Gasteiger partial charge in [-0.25, -0.2) is 4.98 Å². The van der Waals surface area contributed by atoms with Crippen LogP contribution >= 0.6 is 0 Å². The first-order valence-corrected chi connectivity index (χ1v) is 15.3. The van der Waals surface area contributed by atoms with Crippen LogP contribution in [0.2, 0.25) is 0 Å². The van der Waals surface area contributed by atoms with Gasteiger partial charge in [0.15, 0.2) is 0 Å². The maximum absolute atomic E-state index is 4.78. The summed E-state index contributed by atoms with van der Waals surface area (Å²) in [7, 11) is 0. The van der Waals surface area contributed by atoms with Crippen molar-refractivity contribution in [1.82, 2.24) is 18.7 Å². The van der Waals surface area contributed by atoms with E-state index >= 15 is 0 Å². The molecule has 0 aliphatic rings. The molecular formula is C41H26N4. The third-order valence-electron chi connectivity index (χ3n) is 9.26. The summed E-state index contributed by atoms with van der Waals surface area (Å²) >= 11 is 0. The van der Waals surface area contributed by atoms with Crippen molar-refractivity contribution in [2.45, 2.75) is 0 Å². The van der Waals surface area contributed by atoms with Crippen LogP contribution in [0, 0.1) is 0 Å². The number of aromatic nitrogens is 4. The van der Waals surface area contributed by atoms with Gasteiger partial charge in [-0.3, -0.25) is 4.57 Å². The van der Waals surface area contributed by atoms with E-state index in [1.807, 2.05) is 12.3 Å². The number of fused-ring (bicyclic) bond motifs is 10. The van der Waals surface area contributed by atoms with Gasteiger partial charge < -0.3 is 9.13 Å². The summed E-state index contributed by atoms with van der Waals surface area (Å²) in [4.78, 5) is 4.78. The lowest BCUT2D eigenvalue weighted by atomic mass is 10.0. The molecule has 4 heterocycles. The van der Waals surface area contributed by atoms with Gasteiger partial charge in [-0.2, -0.15) is 0 Å². The second-order valence-electron chi connectivity index (χ2n) is 11.6. The molecular weight excluding hydrogens is 548 g/mol. The van der Waals surface area contributed by atoms with E-state index in [2.05, 4.69) is 159 Å². The van der Waals surface area contributed by atoms with Crippen molar-refractivity contribution in [3.8, 4) is 17.2 Å². The summed E-state index contributed by atoms with van der Waals surface area (Å²) in [6.45, 7) is 0. The van der Waals surface area contributed by atoms with Crippen molar-refractivity contribution in [1.29, 1.82) is 0 Å². The Morgan fingerprint density at radius 1 is 0.333 bits per heavy atom. The van der Waals surface area contributed by atoms with Gasteiger partial charge in [0, 0.05) is 49.9 Å². The average molecular weight is 575 g/mol. The fraction of sp³-hybridized carbons (Fsp3) is 0. The SMILES string of the molecule is c1ccc(-n2c3ccccc3c3c4c5cc6c7ccccc7n(-c7ccccn7)c6cc5n(-c5ccccc5)c4ccc32)cc1. The number of benzene rings is 6. The Labute approximate surface area is 258 Å². The molecule has 10 aromatic rings. The topological polar surface area (TPSA) is 27.7 Å². The van der Waals surface area contributed by atoms with Crippen molar-refractivity contribution < 1.29 is 0 Å². The second-order valence-corrected chi connectivity index (χ2v) is 11.6. The molecule has 0 bridgehead atoms. The van der Waals surface area contributed by atoms with E-state index in [0.717, 1.165) is 28.2 Å².